The molecule has 3 heterocycles. The predicted octanol–water partition coefficient (Wildman–Crippen LogP) is 4.41. The summed E-state index contributed by atoms with van der Waals surface area (Å²) in [5, 5.41) is 9.47. The zero-order valence-electron chi connectivity index (χ0n) is 19.7. The molecule has 0 radical (unpaired) electrons. The molecule has 2 N–H and O–H groups in total. The van der Waals surface area contributed by atoms with E-state index in [1.54, 1.807) is 12.1 Å². The van der Waals surface area contributed by atoms with Crippen molar-refractivity contribution in [2.24, 2.45) is 0 Å². The van der Waals surface area contributed by atoms with E-state index in [1.807, 2.05) is 0 Å². The van der Waals surface area contributed by atoms with Gasteiger partial charge in [-0.25, -0.2) is 18.9 Å². The van der Waals surface area contributed by atoms with Crippen LogP contribution in [0.5, 0.6) is 5.88 Å². The molecule has 4 aromatic rings. The summed E-state index contributed by atoms with van der Waals surface area (Å²) in [6.45, 7) is 2.71. The summed E-state index contributed by atoms with van der Waals surface area (Å²) < 4.78 is 60.2. The van der Waals surface area contributed by atoms with Gasteiger partial charge in [-0.2, -0.15) is 18.3 Å². The van der Waals surface area contributed by atoms with Crippen LogP contribution in [0.15, 0.2) is 48.8 Å². The molecule has 0 spiro atoms. The third-order valence-electron chi connectivity index (χ3n) is 5.35. The molecule has 4 rings (SSSR count). The number of hydrogen-bond donors (Lipinski definition) is 2. The third kappa shape index (κ3) is 5.50. The number of methoxy groups -OCH3 is 1. The highest BCUT2D eigenvalue weighted by Gasteiger charge is 2.32. The number of halogens is 4. The van der Waals surface area contributed by atoms with Crippen LogP contribution in [0, 0.1) is 5.82 Å². The smallest absolute Gasteiger partial charge is 0.416 e. The van der Waals surface area contributed by atoms with Crippen LogP contribution >= 0.6 is 0 Å². The van der Waals surface area contributed by atoms with E-state index >= 15 is 0 Å². The first kappa shape index (κ1) is 25.5. The molecule has 0 saturated heterocycles. The molecule has 2 amide bonds. The van der Waals surface area contributed by atoms with Crippen LogP contribution in [-0.4, -0.2) is 38.5 Å². The number of fused-ring (bicyclic) bond motifs is 1. The number of nitrogens with one attached hydrogen (secondary N) is 2. The van der Waals surface area contributed by atoms with Crippen LogP contribution in [0.2, 0.25) is 0 Å². The summed E-state index contributed by atoms with van der Waals surface area (Å²) >= 11 is 0. The molecule has 0 aliphatic heterocycles. The first-order valence-corrected chi connectivity index (χ1v) is 10.8. The van der Waals surface area contributed by atoms with Gasteiger partial charge >= 0.3 is 6.18 Å². The molecule has 1 unspecified atom stereocenters. The minimum Gasteiger partial charge on any atom is -0.480 e. The average molecular weight is 516 g/mol. The van der Waals surface area contributed by atoms with Crippen LogP contribution < -0.4 is 15.4 Å². The molecule has 0 aliphatic rings. The van der Waals surface area contributed by atoms with E-state index in [9.17, 15) is 27.2 Å². The summed E-state index contributed by atoms with van der Waals surface area (Å²) in [4.78, 5) is 32.7. The maximum Gasteiger partial charge on any atom is 0.416 e. The van der Waals surface area contributed by atoms with Gasteiger partial charge in [-0.1, -0.05) is 0 Å². The number of alkyl halides is 3. The number of benzene rings is 1. The van der Waals surface area contributed by atoms with Crippen molar-refractivity contribution in [3.63, 3.8) is 0 Å². The summed E-state index contributed by atoms with van der Waals surface area (Å²) in [7, 11) is 1.30. The Bertz CT molecular complexity index is 1500. The predicted molar refractivity (Wildman–Crippen MR) is 124 cm³/mol. The van der Waals surface area contributed by atoms with Crippen molar-refractivity contribution in [2.75, 3.05) is 12.4 Å². The highest BCUT2D eigenvalue weighted by molar-refractivity contribution is 5.97. The van der Waals surface area contributed by atoms with E-state index in [-0.39, 0.29) is 22.9 Å². The number of imidazole rings is 1. The van der Waals surface area contributed by atoms with Crippen LogP contribution in [-0.2, 0) is 11.0 Å². The van der Waals surface area contributed by atoms with E-state index in [1.165, 1.54) is 43.9 Å². The van der Waals surface area contributed by atoms with Crippen molar-refractivity contribution >= 4 is 23.3 Å². The van der Waals surface area contributed by atoms with Crippen molar-refractivity contribution in [3.05, 3.63) is 71.3 Å². The number of nitrogens with zero attached hydrogens (tertiary/aromatic N) is 4. The van der Waals surface area contributed by atoms with Gasteiger partial charge in [0.2, 0.25) is 11.8 Å². The molecular formula is C24H20F4N6O3. The van der Waals surface area contributed by atoms with Crippen molar-refractivity contribution < 1.29 is 31.9 Å². The number of ether oxygens (including phenoxy) is 1. The SMILES string of the molecule is COc1ncc(-c2ccc3nc(NC(C)=O)cn3n2)cc1C(=O)NC(C)c1cc(C(F)(F)F)ccc1F. The van der Waals surface area contributed by atoms with Gasteiger partial charge in [-0.3, -0.25) is 9.59 Å². The van der Waals surface area contributed by atoms with Gasteiger partial charge in [0.1, 0.15) is 11.4 Å². The fourth-order valence-corrected chi connectivity index (χ4v) is 3.60. The zero-order valence-corrected chi connectivity index (χ0v) is 19.7. The Kier molecular flexibility index (Phi) is 6.79. The van der Waals surface area contributed by atoms with Gasteiger partial charge in [0.15, 0.2) is 11.5 Å². The highest BCUT2D eigenvalue weighted by atomic mass is 19.4. The number of carbonyl (C=O) groups is 2. The number of amides is 2. The maximum absolute atomic E-state index is 14.3. The molecule has 192 valence electrons. The fourth-order valence-electron chi connectivity index (χ4n) is 3.60. The average Bonchev–Trinajstić information content (AvgIpc) is 3.23. The van der Waals surface area contributed by atoms with E-state index in [2.05, 4.69) is 25.7 Å². The molecule has 1 atom stereocenters. The zero-order chi connectivity index (χ0) is 26.9. The molecule has 1 aromatic carbocycles. The van der Waals surface area contributed by atoms with Crippen LogP contribution in [0.1, 0.15) is 41.4 Å². The molecule has 13 heteroatoms. The number of anilines is 1. The quantitative estimate of drug-likeness (QED) is 0.368. The highest BCUT2D eigenvalue weighted by Crippen LogP contribution is 2.32. The lowest BCUT2D eigenvalue weighted by Crippen LogP contribution is -2.28. The van der Waals surface area contributed by atoms with Crippen LogP contribution in [0.25, 0.3) is 16.9 Å². The first-order valence-electron chi connectivity index (χ1n) is 10.8. The van der Waals surface area contributed by atoms with E-state index < -0.39 is 29.5 Å². The summed E-state index contributed by atoms with van der Waals surface area (Å²) in [6, 6.07) is 5.62. The lowest BCUT2D eigenvalue weighted by Gasteiger charge is -2.18. The van der Waals surface area contributed by atoms with Crippen molar-refractivity contribution in [3.8, 4) is 17.1 Å². The van der Waals surface area contributed by atoms with Crippen LogP contribution in [0.3, 0.4) is 0 Å². The Morgan fingerprint density at radius 1 is 1.14 bits per heavy atom. The van der Waals surface area contributed by atoms with Crippen molar-refractivity contribution in [1.29, 1.82) is 0 Å². The Hall–Kier alpha value is -4.55. The number of aromatic nitrogens is 4. The minimum absolute atomic E-state index is 0.0364. The summed E-state index contributed by atoms with van der Waals surface area (Å²) in [5.74, 6) is -1.67. The number of carbonyl (C=O) groups excluding carboxylic acids is 2. The second-order valence-corrected chi connectivity index (χ2v) is 8.04. The Balaban J connectivity index is 1.63. The molecule has 37 heavy (non-hydrogen) atoms. The second kappa shape index (κ2) is 9.84. The standard InChI is InChI=1S/C24H20F4N6O3/c1-12(16-9-15(24(26,27)28)4-5-18(16)25)30-22(36)17-8-14(10-29-23(17)37-3)19-6-7-21-32-20(31-13(2)35)11-34(21)33-19/h4-12H,1-3H3,(H,30,36)(H,31,35). The molecule has 0 bridgehead atoms. The molecular weight excluding hydrogens is 496 g/mol. The van der Waals surface area contributed by atoms with E-state index in [4.69, 9.17) is 4.74 Å². The molecule has 0 fully saturated rings. The normalized spacial score (nSPS) is 12.3. The largest absolute Gasteiger partial charge is 0.480 e. The number of rotatable bonds is 6. The topological polar surface area (TPSA) is 111 Å². The molecule has 9 nitrogen and oxygen atoms in total. The number of hydrogen-bond acceptors (Lipinski definition) is 6. The lowest BCUT2D eigenvalue weighted by atomic mass is 10.0. The third-order valence-corrected chi connectivity index (χ3v) is 5.35. The van der Waals surface area contributed by atoms with Gasteiger partial charge in [0.25, 0.3) is 5.91 Å². The van der Waals surface area contributed by atoms with Gasteiger partial charge in [0.05, 0.1) is 30.6 Å². The van der Waals surface area contributed by atoms with Gasteiger partial charge in [0, 0.05) is 24.2 Å². The fraction of sp³-hybridized carbons (Fsp3) is 0.208. The van der Waals surface area contributed by atoms with Gasteiger partial charge < -0.3 is 15.4 Å². The van der Waals surface area contributed by atoms with Gasteiger partial charge in [-0.05, 0) is 43.3 Å². The molecule has 0 saturated carbocycles. The van der Waals surface area contributed by atoms with Crippen molar-refractivity contribution in [1.82, 2.24) is 24.9 Å². The summed E-state index contributed by atoms with van der Waals surface area (Å²) in [6.07, 6.45) is -1.73. The van der Waals surface area contributed by atoms with Crippen molar-refractivity contribution in [2.45, 2.75) is 26.1 Å². The minimum atomic E-state index is -4.67. The molecule has 0 aliphatic carbocycles. The van der Waals surface area contributed by atoms with E-state index in [0.29, 0.717) is 40.9 Å². The Morgan fingerprint density at radius 3 is 2.57 bits per heavy atom. The lowest BCUT2D eigenvalue weighted by molar-refractivity contribution is -0.137. The molecule has 3 aromatic heterocycles. The second-order valence-electron chi connectivity index (χ2n) is 8.04. The maximum atomic E-state index is 14.3. The van der Waals surface area contributed by atoms with Gasteiger partial charge in [-0.15, -0.1) is 0 Å². The van der Waals surface area contributed by atoms with Crippen LogP contribution in [0.4, 0.5) is 23.4 Å². The van der Waals surface area contributed by atoms with E-state index in [0.717, 1.165) is 0 Å². The first-order chi connectivity index (χ1) is 17.5. The Morgan fingerprint density at radius 2 is 1.89 bits per heavy atom. The Labute approximate surface area is 207 Å². The summed E-state index contributed by atoms with van der Waals surface area (Å²) in [5.41, 5.74) is -0.113. The monoisotopic (exact) mass is 516 g/mol. The number of pyridine rings is 1.